The molecule has 13 heteroatoms. The van der Waals surface area contributed by atoms with Gasteiger partial charge in [0.05, 0.1) is 18.1 Å². The number of likely N-dealkylation sites (N-methyl/N-ethyl adjacent to an activating group) is 1. The Morgan fingerprint density at radius 2 is 1.96 bits per heavy atom. The Bertz CT molecular complexity index is 1070. The van der Waals surface area contributed by atoms with Crippen molar-refractivity contribution in [2.45, 2.75) is 24.3 Å². The van der Waals surface area contributed by atoms with Gasteiger partial charge < -0.3 is 9.88 Å². The number of hydrogen-bond donors (Lipinski definition) is 1. The van der Waals surface area contributed by atoms with Crippen LogP contribution >= 0.6 is 0 Å². The Labute approximate surface area is 156 Å². The summed E-state index contributed by atoms with van der Waals surface area (Å²) in [7, 11) is -5.05. The number of carbonyl (C=O) groups is 1. The van der Waals surface area contributed by atoms with E-state index in [1.807, 2.05) is 0 Å². The Balaban J connectivity index is 2.25. The van der Waals surface area contributed by atoms with Crippen LogP contribution < -0.4 is 16.6 Å². The summed E-state index contributed by atoms with van der Waals surface area (Å²) in [6.45, 7) is 0.837. The van der Waals surface area contributed by atoms with Gasteiger partial charge in [0.1, 0.15) is 0 Å². The van der Waals surface area contributed by atoms with Crippen LogP contribution in [0.5, 0.6) is 0 Å². The highest BCUT2D eigenvalue weighted by Crippen LogP contribution is 2.13. The molecule has 11 nitrogen and oxygen atoms in total. The van der Waals surface area contributed by atoms with E-state index in [0.717, 1.165) is 22.1 Å². The molecule has 0 saturated carbocycles. The molecule has 152 valence electrons. The van der Waals surface area contributed by atoms with Gasteiger partial charge in [0.25, 0.3) is 15.6 Å². The first-order valence-corrected chi connectivity index (χ1v) is 11.4. The van der Waals surface area contributed by atoms with Gasteiger partial charge in [0, 0.05) is 32.9 Å². The molecule has 1 aromatic rings. The summed E-state index contributed by atoms with van der Waals surface area (Å²) in [5.74, 6) is -0.870. The lowest BCUT2D eigenvalue weighted by Crippen LogP contribution is -2.47. The van der Waals surface area contributed by atoms with Crippen LogP contribution in [0.15, 0.2) is 20.7 Å². The topological polar surface area (TPSA) is 145 Å². The molecule has 0 spiro atoms. The van der Waals surface area contributed by atoms with E-state index in [2.05, 4.69) is 5.32 Å². The van der Waals surface area contributed by atoms with E-state index >= 15 is 0 Å². The number of aryl methyl sites for hydroxylation is 1. The van der Waals surface area contributed by atoms with E-state index in [-0.39, 0.29) is 24.5 Å². The van der Waals surface area contributed by atoms with Crippen molar-refractivity contribution in [3.63, 3.8) is 0 Å². The van der Waals surface area contributed by atoms with Crippen molar-refractivity contribution in [2.24, 2.45) is 14.1 Å². The number of hydrogen-bond acceptors (Lipinski definition) is 7. The first-order chi connectivity index (χ1) is 12.4. The number of carbonyl (C=O) groups excluding carboxylic acids is 1. The number of rotatable bonds is 6. The molecule has 1 atom stereocenters. The van der Waals surface area contributed by atoms with Crippen LogP contribution in [0.25, 0.3) is 0 Å². The minimum absolute atomic E-state index is 0.0260. The summed E-state index contributed by atoms with van der Waals surface area (Å²) in [5.41, 5.74) is -1.67. The molecule has 0 aliphatic carbocycles. The molecule has 1 amide bonds. The highest BCUT2D eigenvalue weighted by Gasteiger charge is 2.32. The number of amides is 1. The van der Waals surface area contributed by atoms with E-state index in [9.17, 15) is 31.2 Å². The summed E-state index contributed by atoms with van der Waals surface area (Å²) in [6.07, 6.45) is 1.19. The maximum atomic E-state index is 12.8. The first kappa shape index (κ1) is 21.3. The number of nitrogens with one attached hydrogen (secondary N) is 1. The van der Waals surface area contributed by atoms with Crippen LogP contribution in [-0.4, -0.2) is 66.8 Å². The SMILES string of the molecule is CCN(CC(=O)N[C@H]1CCS(=O)(=O)C1)S(=O)(=O)c1cn(C)c(=O)n(C)c1=O. The van der Waals surface area contributed by atoms with Gasteiger partial charge in [0.2, 0.25) is 5.91 Å². The highest BCUT2D eigenvalue weighted by atomic mass is 32.2. The number of sulfonamides is 1. The molecular formula is C14H22N4O7S2. The largest absolute Gasteiger partial charge is 0.351 e. The Hall–Kier alpha value is -1.99. The van der Waals surface area contributed by atoms with E-state index < -0.39 is 54.5 Å². The van der Waals surface area contributed by atoms with Gasteiger partial charge in [-0.2, -0.15) is 4.31 Å². The first-order valence-electron chi connectivity index (χ1n) is 8.15. The van der Waals surface area contributed by atoms with Crippen molar-refractivity contribution in [3.05, 3.63) is 27.0 Å². The fraction of sp³-hybridized carbons (Fsp3) is 0.643. The van der Waals surface area contributed by atoms with E-state index in [4.69, 9.17) is 0 Å². The summed E-state index contributed by atoms with van der Waals surface area (Å²) in [6, 6.07) is -0.561. The molecule has 1 aromatic heterocycles. The zero-order valence-electron chi connectivity index (χ0n) is 15.2. The Morgan fingerprint density at radius 1 is 1.33 bits per heavy atom. The van der Waals surface area contributed by atoms with Gasteiger partial charge in [-0.15, -0.1) is 0 Å². The zero-order valence-corrected chi connectivity index (χ0v) is 16.8. The van der Waals surface area contributed by atoms with Crippen LogP contribution in [0.3, 0.4) is 0 Å². The molecule has 0 aromatic carbocycles. The number of nitrogens with zero attached hydrogens (tertiary/aromatic N) is 3. The van der Waals surface area contributed by atoms with Crippen molar-refractivity contribution >= 4 is 25.8 Å². The maximum absolute atomic E-state index is 12.8. The third-order valence-electron chi connectivity index (χ3n) is 4.30. The highest BCUT2D eigenvalue weighted by molar-refractivity contribution is 7.91. The van der Waals surface area contributed by atoms with Crippen LogP contribution in [0, 0.1) is 0 Å². The molecule has 2 heterocycles. The molecule has 0 radical (unpaired) electrons. The molecule has 1 N–H and O–H groups in total. The predicted octanol–water partition coefficient (Wildman–Crippen LogP) is -2.60. The van der Waals surface area contributed by atoms with Crippen molar-refractivity contribution in [3.8, 4) is 0 Å². The third kappa shape index (κ3) is 4.47. The Morgan fingerprint density at radius 3 is 2.48 bits per heavy atom. The normalized spacial score (nSPS) is 19.3. The van der Waals surface area contributed by atoms with Gasteiger partial charge in [-0.3, -0.25) is 14.2 Å². The maximum Gasteiger partial charge on any atom is 0.330 e. The average Bonchev–Trinajstić information content (AvgIpc) is 2.92. The second kappa shape index (κ2) is 7.56. The second-order valence-corrected chi connectivity index (χ2v) is 10.5. The molecular weight excluding hydrogens is 400 g/mol. The standard InChI is InChI=1S/C14H22N4O7S2/c1-4-18(8-12(19)15-10-5-6-26(22,23)9-10)27(24,25)11-7-16(2)14(21)17(3)13(11)20/h7,10H,4-6,8-9H2,1-3H3,(H,15,19)/t10-/m0/s1. The van der Waals surface area contributed by atoms with Crippen molar-refractivity contribution in [1.29, 1.82) is 0 Å². The number of aromatic nitrogens is 2. The lowest BCUT2D eigenvalue weighted by atomic mass is 10.2. The van der Waals surface area contributed by atoms with E-state index in [1.54, 1.807) is 0 Å². The van der Waals surface area contributed by atoms with Crippen molar-refractivity contribution in [2.75, 3.05) is 24.6 Å². The smallest absolute Gasteiger partial charge is 0.330 e. The molecule has 1 aliphatic heterocycles. The summed E-state index contributed by atoms with van der Waals surface area (Å²) in [5, 5.41) is 2.51. The number of sulfone groups is 1. The average molecular weight is 422 g/mol. The zero-order chi connectivity index (χ0) is 20.6. The molecule has 27 heavy (non-hydrogen) atoms. The summed E-state index contributed by atoms with van der Waals surface area (Å²) >= 11 is 0. The Kier molecular flexibility index (Phi) is 5.97. The second-order valence-electron chi connectivity index (χ2n) is 6.35. The molecule has 0 bridgehead atoms. The molecule has 0 unspecified atom stereocenters. The van der Waals surface area contributed by atoms with Gasteiger partial charge in [-0.25, -0.2) is 21.6 Å². The lowest BCUT2D eigenvalue weighted by Gasteiger charge is -2.21. The van der Waals surface area contributed by atoms with Crippen LogP contribution in [0.2, 0.25) is 0 Å². The van der Waals surface area contributed by atoms with E-state index in [1.165, 1.54) is 14.0 Å². The summed E-state index contributed by atoms with van der Waals surface area (Å²) < 4.78 is 50.9. The third-order valence-corrected chi connectivity index (χ3v) is 7.97. The van der Waals surface area contributed by atoms with Gasteiger partial charge >= 0.3 is 5.69 Å². The monoisotopic (exact) mass is 422 g/mol. The summed E-state index contributed by atoms with van der Waals surface area (Å²) in [4.78, 5) is 35.5. The minimum atomic E-state index is -4.33. The van der Waals surface area contributed by atoms with Gasteiger partial charge in [0.15, 0.2) is 14.7 Å². The lowest BCUT2D eigenvalue weighted by molar-refractivity contribution is -0.121. The van der Waals surface area contributed by atoms with Crippen molar-refractivity contribution in [1.82, 2.24) is 18.8 Å². The van der Waals surface area contributed by atoms with E-state index in [0.29, 0.717) is 4.57 Å². The van der Waals surface area contributed by atoms with Crippen LogP contribution in [-0.2, 0) is 38.8 Å². The molecule has 1 saturated heterocycles. The fourth-order valence-electron chi connectivity index (χ4n) is 2.80. The molecule has 1 fully saturated rings. The van der Waals surface area contributed by atoms with Crippen LogP contribution in [0.1, 0.15) is 13.3 Å². The van der Waals surface area contributed by atoms with Crippen molar-refractivity contribution < 1.29 is 21.6 Å². The molecule has 2 rings (SSSR count). The fourth-order valence-corrected chi connectivity index (χ4v) is 6.03. The van der Waals surface area contributed by atoms with Crippen LogP contribution in [0.4, 0.5) is 0 Å². The quantitative estimate of drug-likeness (QED) is 0.529. The predicted molar refractivity (Wildman–Crippen MR) is 96.6 cm³/mol. The molecule has 1 aliphatic rings. The van der Waals surface area contributed by atoms with Gasteiger partial charge in [-0.1, -0.05) is 6.92 Å². The van der Waals surface area contributed by atoms with Gasteiger partial charge in [-0.05, 0) is 6.42 Å². The minimum Gasteiger partial charge on any atom is -0.351 e.